The van der Waals surface area contributed by atoms with Gasteiger partial charge in [0.25, 0.3) is 0 Å². The van der Waals surface area contributed by atoms with Gasteiger partial charge >= 0.3 is 0 Å². The number of hydrogen-bond acceptors (Lipinski definition) is 0. The van der Waals surface area contributed by atoms with E-state index in [0.717, 1.165) is 11.8 Å². The Hall–Kier alpha value is -0.520. The Balaban J connectivity index is 2.05. The Kier molecular flexibility index (Phi) is 9.85. The van der Waals surface area contributed by atoms with Gasteiger partial charge < -0.3 is 0 Å². The van der Waals surface area contributed by atoms with E-state index in [1.807, 2.05) is 0 Å². The summed E-state index contributed by atoms with van der Waals surface area (Å²) in [6, 6.07) is 0. The van der Waals surface area contributed by atoms with E-state index in [1.165, 1.54) is 70.6 Å². The minimum Gasteiger partial charge on any atom is -0.0885 e. The number of hydrogen-bond donors (Lipinski definition) is 0. The van der Waals surface area contributed by atoms with Gasteiger partial charge in [0.15, 0.2) is 0 Å². The lowest BCUT2D eigenvalue weighted by Gasteiger charge is -2.26. The Morgan fingerprint density at radius 1 is 0.789 bits per heavy atom. The van der Waals surface area contributed by atoms with Crippen LogP contribution in [0.5, 0.6) is 0 Å². The molecule has 0 aromatic heterocycles. The van der Waals surface area contributed by atoms with Gasteiger partial charge in [0.1, 0.15) is 0 Å². The molecule has 0 aromatic carbocycles. The second-order valence-corrected chi connectivity index (χ2v) is 6.19. The first-order chi connectivity index (χ1) is 9.36. The van der Waals surface area contributed by atoms with Crippen LogP contribution in [0.3, 0.4) is 0 Å². The molecular weight excluding hydrogens is 228 g/mol. The van der Waals surface area contributed by atoms with E-state index in [4.69, 9.17) is 0 Å². The molecule has 1 fully saturated rings. The summed E-state index contributed by atoms with van der Waals surface area (Å²) in [5, 5.41) is 0. The Morgan fingerprint density at radius 3 is 2.21 bits per heavy atom. The highest BCUT2D eigenvalue weighted by atomic mass is 14.2. The van der Waals surface area contributed by atoms with Crippen molar-refractivity contribution in [3.63, 3.8) is 0 Å². The molecule has 110 valence electrons. The third-order valence-corrected chi connectivity index (χ3v) is 4.39. The van der Waals surface area contributed by atoms with E-state index in [2.05, 4.69) is 38.2 Å². The normalized spacial score (nSPS) is 24.5. The van der Waals surface area contributed by atoms with Crippen LogP contribution in [0.1, 0.15) is 84.5 Å². The smallest absolute Gasteiger partial charge is 0.0233 e. The van der Waals surface area contributed by atoms with Gasteiger partial charge in [0, 0.05) is 0 Å². The van der Waals surface area contributed by atoms with Gasteiger partial charge in [-0.25, -0.2) is 0 Å². The molecule has 0 heteroatoms. The highest BCUT2D eigenvalue weighted by Crippen LogP contribution is 2.32. The third-order valence-electron chi connectivity index (χ3n) is 4.39. The fourth-order valence-electron chi connectivity index (χ4n) is 3.01. The Morgan fingerprint density at radius 2 is 1.53 bits per heavy atom. The van der Waals surface area contributed by atoms with E-state index in [0.29, 0.717) is 0 Å². The average Bonchev–Trinajstić information content (AvgIpc) is 2.44. The van der Waals surface area contributed by atoms with Crippen molar-refractivity contribution in [3.05, 3.63) is 24.3 Å². The fraction of sp³-hybridized carbons (Fsp3) is 0.789. The average molecular weight is 262 g/mol. The van der Waals surface area contributed by atoms with Crippen molar-refractivity contribution >= 4 is 0 Å². The summed E-state index contributed by atoms with van der Waals surface area (Å²) < 4.78 is 0. The van der Waals surface area contributed by atoms with Gasteiger partial charge in [0.05, 0.1) is 0 Å². The number of rotatable bonds is 9. The van der Waals surface area contributed by atoms with Gasteiger partial charge in [-0.1, -0.05) is 57.4 Å². The van der Waals surface area contributed by atoms with E-state index < -0.39 is 0 Å². The van der Waals surface area contributed by atoms with Gasteiger partial charge in [-0.05, 0) is 63.2 Å². The van der Waals surface area contributed by atoms with Crippen molar-refractivity contribution < 1.29 is 0 Å². The summed E-state index contributed by atoms with van der Waals surface area (Å²) in [4.78, 5) is 0. The molecule has 0 unspecified atom stereocenters. The summed E-state index contributed by atoms with van der Waals surface area (Å²) in [5.74, 6) is 1.90. The van der Waals surface area contributed by atoms with Crippen LogP contribution in [0.15, 0.2) is 24.3 Å². The molecule has 0 heterocycles. The molecule has 0 radical (unpaired) electrons. The molecule has 0 N–H and O–H groups in total. The monoisotopic (exact) mass is 262 g/mol. The molecule has 0 aliphatic heterocycles. The maximum Gasteiger partial charge on any atom is -0.0233 e. The first kappa shape index (κ1) is 16.5. The molecule has 19 heavy (non-hydrogen) atoms. The molecule has 1 aliphatic rings. The van der Waals surface area contributed by atoms with Crippen molar-refractivity contribution in [2.45, 2.75) is 84.5 Å². The topological polar surface area (TPSA) is 0 Å². The maximum absolute atomic E-state index is 2.49. The molecule has 0 nitrogen and oxygen atoms in total. The minimum absolute atomic E-state index is 0.892. The molecule has 1 aliphatic carbocycles. The molecule has 0 spiro atoms. The molecule has 0 amide bonds. The van der Waals surface area contributed by atoms with E-state index in [1.54, 1.807) is 0 Å². The number of allylic oxidation sites excluding steroid dienone is 4. The second kappa shape index (κ2) is 11.3. The molecular formula is C19H34. The van der Waals surface area contributed by atoms with Crippen LogP contribution in [0.25, 0.3) is 0 Å². The second-order valence-electron chi connectivity index (χ2n) is 6.19. The van der Waals surface area contributed by atoms with E-state index >= 15 is 0 Å². The van der Waals surface area contributed by atoms with Crippen LogP contribution in [-0.2, 0) is 0 Å². The summed E-state index contributed by atoms with van der Waals surface area (Å²) in [6.45, 7) is 4.52. The van der Waals surface area contributed by atoms with Crippen molar-refractivity contribution in [2.75, 3.05) is 0 Å². The zero-order valence-electron chi connectivity index (χ0n) is 13.2. The standard InChI is InChI=1S/C19H34/c1-3-5-7-8-9-11-13-19-16-14-18(15-17-19)12-10-6-4-2/h8-10,12,18-19H,3-7,11,13-17H2,1-2H3. The predicted octanol–water partition coefficient (Wildman–Crippen LogP) is 6.68. The summed E-state index contributed by atoms with van der Waals surface area (Å²) >= 11 is 0. The van der Waals surface area contributed by atoms with Crippen LogP contribution in [-0.4, -0.2) is 0 Å². The zero-order valence-corrected chi connectivity index (χ0v) is 13.2. The van der Waals surface area contributed by atoms with E-state index in [9.17, 15) is 0 Å². The third kappa shape index (κ3) is 8.29. The van der Waals surface area contributed by atoms with Crippen LogP contribution < -0.4 is 0 Å². The summed E-state index contributed by atoms with van der Waals surface area (Å²) in [5.41, 5.74) is 0. The first-order valence-electron chi connectivity index (χ1n) is 8.68. The van der Waals surface area contributed by atoms with Crippen LogP contribution in [0.2, 0.25) is 0 Å². The Labute approximate surface area is 121 Å². The summed E-state index contributed by atoms with van der Waals surface area (Å²) in [6.07, 6.45) is 24.7. The van der Waals surface area contributed by atoms with Gasteiger partial charge in [-0.3, -0.25) is 0 Å². The first-order valence-corrected chi connectivity index (χ1v) is 8.68. The maximum atomic E-state index is 2.49. The lowest BCUT2D eigenvalue weighted by atomic mass is 9.80. The van der Waals surface area contributed by atoms with Crippen LogP contribution in [0, 0.1) is 11.8 Å². The highest BCUT2D eigenvalue weighted by molar-refractivity contribution is 4.91. The molecule has 1 rings (SSSR count). The predicted molar refractivity (Wildman–Crippen MR) is 87.4 cm³/mol. The fourth-order valence-corrected chi connectivity index (χ4v) is 3.01. The van der Waals surface area contributed by atoms with Crippen LogP contribution in [0.4, 0.5) is 0 Å². The lowest BCUT2D eigenvalue weighted by Crippen LogP contribution is -2.12. The molecule has 0 aromatic rings. The zero-order chi connectivity index (χ0) is 13.8. The van der Waals surface area contributed by atoms with Gasteiger partial charge in [-0.2, -0.15) is 0 Å². The van der Waals surface area contributed by atoms with Gasteiger partial charge in [-0.15, -0.1) is 0 Å². The molecule has 1 saturated carbocycles. The summed E-state index contributed by atoms with van der Waals surface area (Å²) in [7, 11) is 0. The van der Waals surface area contributed by atoms with Crippen molar-refractivity contribution in [1.29, 1.82) is 0 Å². The van der Waals surface area contributed by atoms with Crippen molar-refractivity contribution in [1.82, 2.24) is 0 Å². The van der Waals surface area contributed by atoms with Crippen LogP contribution >= 0.6 is 0 Å². The molecule has 0 saturated heterocycles. The van der Waals surface area contributed by atoms with E-state index in [-0.39, 0.29) is 0 Å². The lowest BCUT2D eigenvalue weighted by molar-refractivity contribution is 0.297. The molecule has 0 bridgehead atoms. The largest absolute Gasteiger partial charge is 0.0885 e. The number of unbranched alkanes of at least 4 members (excludes halogenated alkanes) is 3. The minimum atomic E-state index is 0.892. The van der Waals surface area contributed by atoms with Crippen molar-refractivity contribution in [3.8, 4) is 0 Å². The van der Waals surface area contributed by atoms with Gasteiger partial charge in [0.2, 0.25) is 0 Å². The molecule has 0 atom stereocenters. The highest BCUT2D eigenvalue weighted by Gasteiger charge is 2.18. The Bertz CT molecular complexity index is 241. The van der Waals surface area contributed by atoms with Crippen molar-refractivity contribution in [2.24, 2.45) is 11.8 Å². The SMILES string of the molecule is CCCC=CC1CCC(CCC=CCCCC)CC1. The quantitative estimate of drug-likeness (QED) is 0.321.